The fourth-order valence-corrected chi connectivity index (χ4v) is 2.20. The Kier molecular flexibility index (Phi) is 3.80. The summed E-state index contributed by atoms with van der Waals surface area (Å²) in [6.45, 7) is 4.59. The minimum Gasteiger partial charge on any atom is -0.465 e. The molecular formula is C10H16ClN3O2. The summed E-state index contributed by atoms with van der Waals surface area (Å²) in [6.07, 6.45) is 1.51. The number of H-pyrrole nitrogens is 1. The average Bonchev–Trinajstić information content (AvgIpc) is 2.62. The molecule has 1 amide bonds. The first-order valence-electron chi connectivity index (χ1n) is 5.13. The van der Waals surface area contributed by atoms with E-state index >= 15 is 0 Å². The zero-order valence-electron chi connectivity index (χ0n) is 9.30. The number of fused-ring (bicyclic) bond motifs is 1. The molecule has 0 unspecified atom stereocenters. The molecule has 0 saturated carbocycles. The van der Waals surface area contributed by atoms with Gasteiger partial charge in [0.1, 0.15) is 0 Å². The van der Waals surface area contributed by atoms with Crippen LogP contribution in [0, 0.1) is 5.92 Å². The quantitative estimate of drug-likeness (QED) is 0.796. The standard InChI is InChI=1S/C10H15N3O2.ClH/c1-6(2)9-8-7(11-5-12-8)3-4-13(9)10(14)15;/h5-6,9H,3-4H2,1-2H3,(H,11,12)(H,14,15);1H/t9-;/m0./s1. The Morgan fingerprint density at radius 3 is 2.94 bits per heavy atom. The number of aromatic amines is 1. The van der Waals surface area contributed by atoms with Crippen LogP contribution in [0.25, 0.3) is 0 Å². The Bertz CT molecular complexity index is 378. The van der Waals surface area contributed by atoms with Crippen molar-refractivity contribution in [1.29, 1.82) is 0 Å². The summed E-state index contributed by atoms with van der Waals surface area (Å²) in [5.74, 6) is 0.239. The molecule has 2 rings (SSSR count). The van der Waals surface area contributed by atoms with Gasteiger partial charge >= 0.3 is 6.09 Å². The van der Waals surface area contributed by atoms with Gasteiger partial charge in [0.25, 0.3) is 0 Å². The minimum atomic E-state index is -0.859. The number of nitrogens with one attached hydrogen (secondary N) is 1. The third-order valence-corrected chi connectivity index (χ3v) is 2.85. The molecule has 1 aliphatic heterocycles. The van der Waals surface area contributed by atoms with Crippen LogP contribution < -0.4 is 0 Å². The average molecular weight is 246 g/mol. The van der Waals surface area contributed by atoms with Gasteiger partial charge in [-0.05, 0) is 5.92 Å². The number of nitrogens with zero attached hydrogens (tertiary/aromatic N) is 2. The van der Waals surface area contributed by atoms with E-state index < -0.39 is 6.09 Å². The van der Waals surface area contributed by atoms with Crippen molar-refractivity contribution in [2.45, 2.75) is 26.3 Å². The number of hydrogen-bond donors (Lipinski definition) is 2. The highest BCUT2D eigenvalue weighted by atomic mass is 35.5. The second-order valence-electron chi connectivity index (χ2n) is 4.18. The molecule has 6 heteroatoms. The van der Waals surface area contributed by atoms with Crippen molar-refractivity contribution >= 4 is 18.5 Å². The van der Waals surface area contributed by atoms with E-state index in [-0.39, 0.29) is 24.4 Å². The maximum Gasteiger partial charge on any atom is 0.407 e. The van der Waals surface area contributed by atoms with E-state index in [1.54, 1.807) is 6.33 Å². The number of carbonyl (C=O) groups is 1. The van der Waals surface area contributed by atoms with Gasteiger partial charge in [-0.1, -0.05) is 13.8 Å². The van der Waals surface area contributed by atoms with Crippen LogP contribution >= 0.6 is 12.4 Å². The lowest BCUT2D eigenvalue weighted by atomic mass is 9.94. The van der Waals surface area contributed by atoms with E-state index in [1.807, 2.05) is 13.8 Å². The number of hydrogen-bond acceptors (Lipinski definition) is 2. The highest BCUT2D eigenvalue weighted by molar-refractivity contribution is 5.85. The first kappa shape index (κ1) is 12.8. The van der Waals surface area contributed by atoms with Crippen LogP contribution in [0.5, 0.6) is 0 Å². The van der Waals surface area contributed by atoms with Crippen molar-refractivity contribution in [2.75, 3.05) is 6.54 Å². The van der Waals surface area contributed by atoms with Crippen LogP contribution in [0.3, 0.4) is 0 Å². The van der Waals surface area contributed by atoms with Crippen molar-refractivity contribution < 1.29 is 9.90 Å². The highest BCUT2D eigenvalue weighted by Gasteiger charge is 2.34. The van der Waals surface area contributed by atoms with Crippen LogP contribution in [0.15, 0.2) is 6.33 Å². The molecule has 90 valence electrons. The number of imidazole rings is 1. The van der Waals surface area contributed by atoms with Crippen molar-refractivity contribution in [3.05, 3.63) is 17.7 Å². The predicted molar refractivity (Wildman–Crippen MR) is 61.8 cm³/mol. The Labute approximate surface area is 100 Å². The molecule has 0 radical (unpaired) electrons. The second kappa shape index (κ2) is 4.74. The number of rotatable bonds is 1. The monoisotopic (exact) mass is 245 g/mol. The second-order valence-corrected chi connectivity index (χ2v) is 4.18. The number of amides is 1. The molecule has 1 atom stereocenters. The lowest BCUT2D eigenvalue weighted by Gasteiger charge is -2.35. The largest absolute Gasteiger partial charge is 0.465 e. The maximum absolute atomic E-state index is 11.1. The van der Waals surface area contributed by atoms with Crippen molar-refractivity contribution in [2.24, 2.45) is 5.92 Å². The Morgan fingerprint density at radius 1 is 1.69 bits per heavy atom. The normalized spacial score (nSPS) is 19.2. The molecule has 1 aromatic rings. The summed E-state index contributed by atoms with van der Waals surface area (Å²) in [5, 5.41) is 9.11. The van der Waals surface area contributed by atoms with E-state index in [1.165, 1.54) is 4.90 Å². The lowest BCUT2D eigenvalue weighted by Crippen LogP contribution is -2.41. The fourth-order valence-electron chi connectivity index (χ4n) is 2.20. The van der Waals surface area contributed by atoms with Gasteiger partial charge < -0.3 is 10.1 Å². The Morgan fingerprint density at radius 2 is 2.38 bits per heavy atom. The summed E-state index contributed by atoms with van der Waals surface area (Å²) in [4.78, 5) is 19.9. The Hall–Kier alpha value is -1.23. The third kappa shape index (κ3) is 2.00. The SMILES string of the molecule is CC(C)[C@H]1c2nc[nH]c2CCN1C(=O)O.Cl. The van der Waals surface area contributed by atoms with E-state index in [4.69, 9.17) is 5.11 Å². The number of halogens is 1. The predicted octanol–water partition coefficient (Wildman–Crippen LogP) is 2.06. The lowest BCUT2D eigenvalue weighted by molar-refractivity contribution is 0.103. The van der Waals surface area contributed by atoms with Gasteiger partial charge in [-0.3, -0.25) is 4.90 Å². The fraction of sp³-hybridized carbons (Fsp3) is 0.600. The van der Waals surface area contributed by atoms with Gasteiger partial charge in [-0.2, -0.15) is 0 Å². The van der Waals surface area contributed by atoms with Crippen LogP contribution in [0.2, 0.25) is 0 Å². The van der Waals surface area contributed by atoms with Crippen molar-refractivity contribution in [3.8, 4) is 0 Å². The molecule has 5 nitrogen and oxygen atoms in total. The summed E-state index contributed by atoms with van der Waals surface area (Å²) >= 11 is 0. The van der Waals surface area contributed by atoms with Crippen molar-refractivity contribution in [1.82, 2.24) is 14.9 Å². The maximum atomic E-state index is 11.1. The molecule has 1 aromatic heterocycles. The first-order chi connectivity index (χ1) is 7.11. The van der Waals surface area contributed by atoms with Gasteiger partial charge in [0.15, 0.2) is 0 Å². The molecule has 0 spiro atoms. The third-order valence-electron chi connectivity index (χ3n) is 2.85. The number of aromatic nitrogens is 2. The minimum absolute atomic E-state index is 0. The van der Waals surface area contributed by atoms with Crippen LogP contribution in [0.4, 0.5) is 4.79 Å². The van der Waals surface area contributed by atoms with E-state index in [9.17, 15) is 4.79 Å². The molecule has 0 bridgehead atoms. The molecule has 2 heterocycles. The number of carboxylic acid groups (broad SMARTS) is 1. The summed E-state index contributed by atoms with van der Waals surface area (Å²) in [7, 11) is 0. The molecule has 0 aromatic carbocycles. The Balaban J connectivity index is 0.00000128. The zero-order valence-corrected chi connectivity index (χ0v) is 10.1. The topological polar surface area (TPSA) is 69.2 Å². The first-order valence-corrected chi connectivity index (χ1v) is 5.13. The van der Waals surface area contributed by atoms with E-state index in [0.717, 1.165) is 17.8 Å². The van der Waals surface area contributed by atoms with Crippen LogP contribution in [0.1, 0.15) is 31.3 Å². The molecule has 1 aliphatic rings. The van der Waals surface area contributed by atoms with Crippen molar-refractivity contribution in [3.63, 3.8) is 0 Å². The molecular weight excluding hydrogens is 230 g/mol. The summed E-state index contributed by atoms with van der Waals surface area (Å²) in [5.41, 5.74) is 1.96. The van der Waals surface area contributed by atoms with Gasteiger partial charge in [0.05, 0.1) is 18.1 Å². The highest BCUT2D eigenvalue weighted by Crippen LogP contribution is 2.32. The van der Waals surface area contributed by atoms with Crippen LogP contribution in [-0.4, -0.2) is 32.6 Å². The zero-order chi connectivity index (χ0) is 11.0. The van der Waals surface area contributed by atoms with E-state index in [0.29, 0.717) is 6.54 Å². The molecule has 0 fully saturated rings. The molecule has 2 N–H and O–H groups in total. The molecule has 0 saturated heterocycles. The van der Waals surface area contributed by atoms with Crippen LogP contribution in [-0.2, 0) is 6.42 Å². The summed E-state index contributed by atoms with van der Waals surface area (Å²) < 4.78 is 0. The van der Waals surface area contributed by atoms with E-state index in [2.05, 4.69) is 9.97 Å². The summed E-state index contributed by atoms with van der Waals surface area (Å²) in [6, 6.07) is -0.113. The van der Waals surface area contributed by atoms with Gasteiger partial charge in [-0.25, -0.2) is 9.78 Å². The van der Waals surface area contributed by atoms with Gasteiger partial charge in [0.2, 0.25) is 0 Å². The van der Waals surface area contributed by atoms with Gasteiger partial charge in [0, 0.05) is 18.7 Å². The molecule has 16 heavy (non-hydrogen) atoms. The smallest absolute Gasteiger partial charge is 0.407 e. The molecule has 0 aliphatic carbocycles. The van der Waals surface area contributed by atoms with Gasteiger partial charge in [-0.15, -0.1) is 12.4 Å².